The summed E-state index contributed by atoms with van der Waals surface area (Å²) in [6.45, 7) is 4.38. The molecule has 2 N–H and O–H groups in total. The first-order valence-electron chi connectivity index (χ1n) is 9.01. The number of ether oxygens (including phenoxy) is 1. The Balaban J connectivity index is 1.92. The summed E-state index contributed by atoms with van der Waals surface area (Å²) in [7, 11) is 0. The molecule has 1 heterocycles. The fourth-order valence-corrected chi connectivity index (χ4v) is 2.71. The van der Waals surface area contributed by atoms with Crippen molar-refractivity contribution in [1.82, 2.24) is 10.2 Å². The van der Waals surface area contributed by atoms with E-state index in [4.69, 9.17) is 4.74 Å². The van der Waals surface area contributed by atoms with Gasteiger partial charge in [0.15, 0.2) is 0 Å². The van der Waals surface area contributed by atoms with Crippen LogP contribution < -0.4 is 5.32 Å². The molecule has 2 rings (SSSR count). The zero-order chi connectivity index (χ0) is 21.8. The van der Waals surface area contributed by atoms with Crippen molar-refractivity contribution in [2.24, 2.45) is 0 Å². The number of rotatable bonds is 7. The van der Waals surface area contributed by atoms with Crippen LogP contribution in [0.25, 0.3) is 0 Å². The Bertz CT molecular complexity index is 824. The van der Waals surface area contributed by atoms with Crippen molar-refractivity contribution in [3.63, 3.8) is 0 Å². The summed E-state index contributed by atoms with van der Waals surface area (Å²) in [6.07, 6.45) is 0.0858. The number of nitrogens with one attached hydrogen (secondary N) is 1. The predicted octanol–water partition coefficient (Wildman–Crippen LogP) is 2.89. The minimum Gasteiger partial charge on any atom is -0.480 e. The molecule has 29 heavy (non-hydrogen) atoms. The quantitative estimate of drug-likeness (QED) is 0.673. The molecule has 1 atom stereocenters. The van der Waals surface area contributed by atoms with Crippen LogP contribution in [0.1, 0.15) is 54.3 Å². The lowest BCUT2D eigenvalue weighted by atomic mass is 10.1. The average molecular weight is 406 g/mol. The van der Waals surface area contributed by atoms with Crippen molar-refractivity contribution in [3.05, 3.63) is 47.3 Å². The number of halogens is 1. The lowest BCUT2D eigenvalue weighted by molar-refractivity contribution is -0.139. The second-order valence-corrected chi connectivity index (χ2v) is 7.51. The van der Waals surface area contributed by atoms with E-state index < -0.39 is 47.9 Å². The molecule has 0 saturated carbocycles. The van der Waals surface area contributed by atoms with Crippen LogP contribution in [-0.2, 0) is 9.53 Å². The highest BCUT2D eigenvalue weighted by Crippen LogP contribution is 2.23. The van der Waals surface area contributed by atoms with Gasteiger partial charge in [-0.25, -0.2) is 14.0 Å². The van der Waals surface area contributed by atoms with Crippen LogP contribution in [0.5, 0.6) is 0 Å². The molecular formula is C20H23FN2O6. The standard InChI is InChI=1S/C20H23FN2O6/c1-20(2,3)29-19(28)22-15(18(26)27)10-6-7-12(21)11-23-16(24)13-8-4-5-9-14(13)17(23)25/h4-5,7-9,15H,6,10-11H2,1-3H3,(H,22,28)(H,26,27)/t15-/m0/s1. The van der Waals surface area contributed by atoms with E-state index in [2.05, 4.69) is 5.32 Å². The van der Waals surface area contributed by atoms with E-state index >= 15 is 0 Å². The van der Waals surface area contributed by atoms with Crippen LogP contribution in [0, 0.1) is 0 Å². The number of carbonyl (C=O) groups is 4. The average Bonchev–Trinajstić information content (AvgIpc) is 2.84. The fraction of sp³-hybridized carbons (Fsp3) is 0.400. The number of carboxylic acid groups (broad SMARTS) is 1. The topological polar surface area (TPSA) is 113 Å². The molecule has 156 valence electrons. The monoisotopic (exact) mass is 406 g/mol. The number of fused-ring (bicyclic) bond motifs is 1. The van der Waals surface area contributed by atoms with Gasteiger partial charge in [-0.05, 0) is 45.7 Å². The second-order valence-electron chi connectivity index (χ2n) is 7.51. The Hall–Kier alpha value is -3.23. The molecule has 8 nitrogen and oxygen atoms in total. The molecule has 0 saturated heterocycles. The minimum atomic E-state index is -1.29. The molecule has 1 aliphatic rings. The molecule has 9 heteroatoms. The second kappa shape index (κ2) is 8.85. The summed E-state index contributed by atoms with van der Waals surface area (Å²) in [5, 5.41) is 11.4. The zero-order valence-electron chi connectivity index (χ0n) is 16.4. The molecule has 3 amide bonds. The van der Waals surface area contributed by atoms with Crippen LogP contribution in [0.2, 0.25) is 0 Å². The van der Waals surface area contributed by atoms with Gasteiger partial charge in [0.2, 0.25) is 0 Å². The van der Waals surface area contributed by atoms with E-state index in [1.165, 1.54) is 12.1 Å². The van der Waals surface area contributed by atoms with Crippen LogP contribution >= 0.6 is 0 Å². The highest BCUT2D eigenvalue weighted by molar-refractivity contribution is 6.21. The highest BCUT2D eigenvalue weighted by Gasteiger charge is 2.35. The largest absolute Gasteiger partial charge is 0.480 e. The summed E-state index contributed by atoms with van der Waals surface area (Å²) in [6, 6.07) is 4.95. The molecule has 0 unspecified atom stereocenters. The normalized spacial score (nSPS) is 15.2. The van der Waals surface area contributed by atoms with Crippen molar-refractivity contribution >= 4 is 23.9 Å². The molecular weight excluding hydrogens is 383 g/mol. The van der Waals surface area contributed by atoms with Gasteiger partial charge in [0, 0.05) is 0 Å². The van der Waals surface area contributed by atoms with Gasteiger partial charge in [0.25, 0.3) is 11.8 Å². The van der Waals surface area contributed by atoms with Crippen molar-refractivity contribution < 1.29 is 33.4 Å². The lowest BCUT2D eigenvalue weighted by Crippen LogP contribution is -2.43. The van der Waals surface area contributed by atoms with Crippen LogP contribution in [0.4, 0.5) is 9.18 Å². The number of benzene rings is 1. The molecule has 0 fully saturated rings. The van der Waals surface area contributed by atoms with Gasteiger partial charge < -0.3 is 15.2 Å². The number of imide groups is 1. The van der Waals surface area contributed by atoms with E-state index in [0.717, 1.165) is 11.0 Å². The predicted molar refractivity (Wildman–Crippen MR) is 101 cm³/mol. The number of allylic oxidation sites excluding steroid dienone is 1. The SMILES string of the molecule is CC(C)(C)OC(=O)N[C@@H](CCC=C(F)CN1C(=O)c2ccccc2C1=O)C(=O)O. The highest BCUT2D eigenvalue weighted by atomic mass is 19.1. The molecule has 0 bridgehead atoms. The molecule has 0 spiro atoms. The first-order chi connectivity index (χ1) is 13.5. The number of amides is 3. The van der Waals surface area contributed by atoms with Gasteiger partial charge >= 0.3 is 12.1 Å². The van der Waals surface area contributed by atoms with Gasteiger partial charge in [-0.1, -0.05) is 18.2 Å². The summed E-state index contributed by atoms with van der Waals surface area (Å²) in [5.74, 6) is -3.20. The van der Waals surface area contributed by atoms with Crippen molar-refractivity contribution in [2.45, 2.75) is 45.3 Å². The van der Waals surface area contributed by atoms with Crippen LogP contribution in [0.3, 0.4) is 0 Å². The Kier molecular flexibility index (Phi) is 6.73. The maximum Gasteiger partial charge on any atom is 0.408 e. The summed E-state index contributed by atoms with van der Waals surface area (Å²) < 4.78 is 19.2. The zero-order valence-corrected chi connectivity index (χ0v) is 16.4. The van der Waals surface area contributed by atoms with E-state index in [0.29, 0.717) is 0 Å². The Morgan fingerprint density at radius 1 is 1.21 bits per heavy atom. The first kappa shape index (κ1) is 22.1. The maximum atomic E-state index is 14.2. The molecule has 1 aromatic rings. The smallest absolute Gasteiger partial charge is 0.408 e. The van der Waals surface area contributed by atoms with E-state index in [-0.39, 0.29) is 24.0 Å². The summed E-state index contributed by atoms with van der Waals surface area (Å²) in [4.78, 5) is 48.2. The summed E-state index contributed by atoms with van der Waals surface area (Å²) >= 11 is 0. The van der Waals surface area contributed by atoms with Crippen molar-refractivity contribution in [1.29, 1.82) is 0 Å². The van der Waals surface area contributed by atoms with Crippen LogP contribution in [-0.4, -0.2) is 52.1 Å². The third-order valence-corrected chi connectivity index (χ3v) is 4.00. The minimum absolute atomic E-state index is 0.0260. The maximum absolute atomic E-state index is 14.2. The molecule has 1 aliphatic heterocycles. The van der Waals surface area contributed by atoms with E-state index in [9.17, 15) is 28.7 Å². The third-order valence-electron chi connectivity index (χ3n) is 4.00. The fourth-order valence-electron chi connectivity index (χ4n) is 2.71. The molecule has 0 aromatic heterocycles. The molecule has 0 radical (unpaired) electrons. The Morgan fingerprint density at radius 3 is 2.24 bits per heavy atom. The van der Waals surface area contributed by atoms with Gasteiger partial charge in [0.05, 0.1) is 17.7 Å². The van der Waals surface area contributed by atoms with Crippen LogP contribution in [0.15, 0.2) is 36.2 Å². The number of aliphatic carboxylic acids is 1. The Labute approximate surface area is 167 Å². The van der Waals surface area contributed by atoms with Gasteiger partial charge in [-0.15, -0.1) is 0 Å². The number of hydrogen-bond acceptors (Lipinski definition) is 5. The molecule has 0 aliphatic carbocycles. The van der Waals surface area contributed by atoms with Crippen molar-refractivity contribution in [2.75, 3.05) is 6.54 Å². The number of alkyl carbamates (subject to hydrolysis) is 1. The van der Waals surface area contributed by atoms with Gasteiger partial charge in [0.1, 0.15) is 17.5 Å². The van der Waals surface area contributed by atoms with Gasteiger partial charge in [-0.3, -0.25) is 14.5 Å². The van der Waals surface area contributed by atoms with E-state index in [1.54, 1.807) is 32.9 Å². The van der Waals surface area contributed by atoms with Crippen molar-refractivity contribution in [3.8, 4) is 0 Å². The first-order valence-corrected chi connectivity index (χ1v) is 9.01. The third kappa shape index (κ3) is 5.87. The number of hydrogen-bond donors (Lipinski definition) is 2. The Morgan fingerprint density at radius 2 is 1.76 bits per heavy atom. The molecule has 1 aromatic carbocycles. The lowest BCUT2D eigenvalue weighted by Gasteiger charge is -2.21. The number of carboxylic acids is 1. The van der Waals surface area contributed by atoms with E-state index in [1.807, 2.05) is 0 Å². The van der Waals surface area contributed by atoms with Gasteiger partial charge in [-0.2, -0.15) is 0 Å². The number of nitrogens with zero attached hydrogens (tertiary/aromatic N) is 1. The summed E-state index contributed by atoms with van der Waals surface area (Å²) in [5.41, 5.74) is -0.346. The number of carbonyl (C=O) groups excluding carboxylic acids is 3.